The Balaban J connectivity index is 1.13. The maximum Gasteiger partial charge on any atom is 0.328 e. The van der Waals surface area contributed by atoms with E-state index in [0.717, 1.165) is 95.6 Å². The van der Waals surface area contributed by atoms with Gasteiger partial charge in [-0.15, -0.1) is 0 Å². The number of hydrogen-bond acceptors (Lipinski definition) is 5. The summed E-state index contributed by atoms with van der Waals surface area (Å²) in [5.74, 6) is 1.23. The highest BCUT2D eigenvalue weighted by Crippen LogP contribution is 2.39. The number of fused-ring (bicyclic) bond motifs is 7. The van der Waals surface area contributed by atoms with E-state index in [2.05, 4.69) is 66.8 Å². The summed E-state index contributed by atoms with van der Waals surface area (Å²) in [6.45, 7) is 0. The van der Waals surface area contributed by atoms with Gasteiger partial charge in [-0.3, -0.25) is 14.1 Å². The molecule has 8 heteroatoms. The summed E-state index contributed by atoms with van der Waals surface area (Å²) in [6.07, 6.45) is 7.82. The van der Waals surface area contributed by atoms with Gasteiger partial charge in [0.2, 0.25) is 0 Å². The molecule has 0 N–H and O–H groups in total. The zero-order chi connectivity index (χ0) is 33.5. The van der Waals surface area contributed by atoms with Gasteiger partial charge in [-0.05, 0) is 77.6 Å². The fourth-order valence-corrected chi connectivity index (χ4v) is 7.44. The van der Waals surface area contributed by atoms with Crippen LogP contribution in [0.4, 0.5) is 0 Å². The highest BCUT2D eigenvalue weighted by molar-refractivity contribution is 6.25. The number of hydrogen-bond donors (Lipinski definition) is 0. The van der Waals surface area contributed by atoms with Crippen molar-refractivity contribution in [2.75, 3.05) is 0 Å². The molecule has 0 saturated heterocycles. The van der Waals surface area contributed by atoms with Gasteiger partial charge in [0.1, 0.15) is 22.3 Å². The van der Waals surface area contributed by atoms with E-state index in [4.69, 9.17) is 24.1 Å². The Kier molecular flexibility index (Phi) is 6.18. The Morgan fingerprint density at radius 2 is 1.48 bits per heavy atom. The fraction of sp³-hybridized carbons (Fsp3) is 0.119. The molecule has 5 aromatic carbocycles. The number of allylic oxidation sites excluding steroid dienone is 3. The second-order valence-corrected chi connectivity index (χ2v) is 13.0. The summed E-state index contributed by atoms with van der Waals surface area (Å²) >= 11 is 0. The molecule has 0 bridgehead atoms. The first-order valence-corrected chi connectivity index (χ1v) is 16.8. The molecule has 8 aromatic rings. The van der Waals surface area contributed by atoms with Crippen LogP contribution < -0.4 is 5.69 Å². The Bertz CT molecular complexity index is 2910. The van der Waals surface area contributed by atoms with Crippen LogP contribution in [0.1, 0.15) is 24.0 Å². The topological polar surface area (TPSA) is 92.0 Å². The van der Waals surface area contributed by atoms with Gasteiger partial charge in [0.25, 0.3) is 0 Å². The quantitative estimate of drug-likeness (QED) is 0.190. The Hall–Kier alpha value is -6.41. The van der Waals surface area contributed by atoms with Gasteiger partial charge in [0, 0.05) is 41.2 Å². The molecule has 50 heavy (non-hydrogen) atoms. The molecule has 0 amide bonds. The fourth-order valence-electron chi connectivity index (χ4n) is 7.44. The molecule has 10 rings (SSSR count). The molecule has 0 saturated carbocycles. The maximum absolute atomic E-state index is 12.6. The highest BCUT2D eigenvalue weighted by Gasteiger charge is 2.21. The summed E-state index contributed by atoms with van der Waals surface area (Å²) in [7, 11) is 3.60. The predicted molar refractivity (Wildman–Crippen MR) is 201 cm³/mol. The number of para-hydroxylation sites is 1. The smallest absolute Gasteiger partial charge is 0.328 e. The minimum atomic E-state index is -0.406. The number of aromatic nitrogens is 2. The SMILES string of the molecule is Cn1c(=O)n(C)c2cc(-c3cccc(C4=NC(c5cccc6oc7cc8c(cc7c56)oc5ccccc58)=NC(C5=CC=CCC5)[N-]4)c3)ccc21. The van der Waals surface area contributed by atoms with Crippen molar-refractivity contribution in [2.24, 2.45) is 24.1 Å². The van der Waals surface area contributed by atoms with Crippen LogP contribution in [0, 0.1) is 0 Å². The van der Waals surface area contributed by atoms with Crippen molar-refractivity contribution in [1.82, 2.24) is 9.13 Å². The number of imidazole rings is 1. The molecular formula is C42H30N5O3-. The van der Waals surface area contributed by atoms with Crippen LogP contribution in [0.25, 0.3) is 71.4 Å². The Morgan fingerprint density at radius 3 is 2.38 bits per heavy atom. The second-order valence-electron chi connectivity index (χ2n) is 13.0. The van der Waals surface area contributed by atoms with E-state index in [1.807, 2.05) is 48.5 Å². The normalized spacial score (nSPS) is 16.4. The number of nitrogens with zero attached hydrogens (tertiary/aromatic N) is 5. The number of furan rings is 2. The molecule has 4 heterocycles. The molecule has 8 nitrogen and oxygen atoms in total. The van der Waals surface area contributed by atoms with Gasteiger partial charge >= 0.3 is 5.69 Å². The van der Waals surface area contributed by atoms with Gasteiger partial charge in [-0.25, -0.2) is 4.79 Å². The molecule has 1 aliphatic carbocycles. The summed E-state index contributed by atoms with van der Waals surface area (Å²) in [5, 5.41) is 9.11. The minimum absolute atomic E-state index is 0.0478. The molecule has 0 radical (unpaired) electrons. The van der Waals surface area contributed by atoms with E-state index in [0.29, 0.717) is 11.7 Å². The van der Waals surface area contributed by atoms with Gasteiger partial charge in [0.15, 0.2) is 0 Å². The maximum atomic E-state index is 12.6. The Labute approximate surface area is 286 Å². The van der Waals surface area contributed by atoms with Gasteiger partial charge < -0.3 is 19.1 Å². The van der Waals surface area contributed by atoms with Crippen LogP contribution in [0.2, 0.25) is 0 Å². The van der Waals surface area contributed by atoms with E-state index in [1.165, 1.54) is 0 Å². The van der Waals surface area contributed by atoms with Gasteiger partial charge in [-0.2, -0.15) is 0 Å². The van der Waals surface area contributed by atoms with Crippen molar-refractivity contribution < 1.29 is 8.83 Å². The first kappa shape index (κ1) is 28.6. The molecule has 2 aliphatic rings. The molecule has 3 aromatic heterocycles. The average Bonchev–Trinajstić information content (AvgIpc) is 3.79. The van der Waals surface area contributed by atoms with Crippen molar-refractivity contribution in [3.8, 4) is 11.1 Å². The summed E-state index contributed by atoms with van der Waals surface area (Å²) in [4.78, 5) is 22.9. The van der Waals surface area contributed by atoms with Crippen molar-refractivity contribution >= 4 is 66.6 Å². The standard InChI is InChI=1S/C42H30N5O3/c1-46-32-19-18-26(21-33(32)47(2)42(46)48)25-12-8-13-27(20-25)40-43-39(24-10-4-3-5-11-24)44-41(45-40)29-15-9-17-35-38(29)31-23-36-30(22-37(31)50-35)28-14-6-7-16-34(28)49-36/h3-4,6-10,12-23,39H,5,11H2,1-2H3/q-1. The lowest BCUT2D eigenvalue weighted by atomic mass is 9.99. The molecule has 1 unspecified atom stereocenters. The van der Waals surface area contributed by atoms with Crippen LogP contribution in [0.15, 0.2) is 144 Å². The van der Waals surface area contributed by atoms with E-state index >= 15 is 0 Å². The van der Waals surface area contributed by atoms with Crippen molar-refractivity contribution in [3.63, 3.8) is 0 Å². The van der Waals surface area contributed by atoms with Gasteiger partial charge in [0.05, 0.1) is 23.0 Å². The lowest BCUT2D eigenvalue weighted by Gasteiger charge is -2.34. The third-order valence-corrected chi connectivity index (χ3v) is 10.0. The molecule has 242 valence electrons. The number of rotatable bonds is 4. The number of aliphatic imine (C=N–C) groups is 2. The van der Waals surface area contributed by atoms with Crippen molar-refractivity contribution in [1.29, 1.82) is 0 Å². The van der Waals surface area contributed by atoms with Crippen LogP contribution >= 0.6 is 0 Å². The second kappa shape index (κ2) is 10.8. The monoisotopic (exact) mass is 652 g/mol. The number of amidine groups is 2. The third-order valence-electron chi connectivity index (χ3n) is 10.0. The summed E-state index contributed by atoms with van der Waals surface area (Å²) in [6, 6.07) is 32.7. The molecule has 1 atom stereocenters. The third kappa shape index (κ3) is 4.34. The summed E-state index contributed by atoms with van der Waals surface area (Å²) in [5.41, 5.74) is 9.88. The first-order chi connectivity index (χ1) is 24.5. The lowest BCUT2D eigenvalue weighted by molar-refractivity contribution is 0.664. The largest absolute Gasteiger partial charge is 0.456 e. The zero-order valence-corrected chi connectivity index (χ0v) is 27.4. The van der Waals surface area contributed by atoms with Crippen LogP contribution in [0.5, 0.6) is 0 Å². The van der Waals surface area contributed by atoms with Crippen LogP contribution in [-0.4, -0.2) is 27.0 Å². The minimum Gasteiger partial charge on any atom is -0.456 e. The van der Waals surface area contributed by atoms with E-state index in [1.54, 1.807) is 23.2 Å². The zero-order valence-electron chi connectivity index (χ0n) is 27.4. The van der Waals surface area contributed by atoms with Crippen LogP contribution in [-0.2, 0) is 14.1 Å². The van der Waals surface area contributed by atoms with Gasteiger partial charge in [-0.1, -0.05) is 78.7 Å². The molecule has 0 fully saturated rings. The van der Waals surface area contributed by atoms with Crippen LogP contribution in [0.3, 0.4) is 0 Å². The lowest BCUT2D eigenvalue weighted by Crippen LogP contribution is -2.22. The molecular weight excluding hydrogens is 622 g/mol. The first-order valence-electron chi connectivity index (χ1n) is 16.8. The highest BCUT2D eigenvalue weighted by atomic mass is 16.3. The van der Waals surface area contributed by atoms with Crippen molar-refractivity contribution in [3.05, 3.63) is 148 Å². The summed E-state index contributed by atoms with van der Waals surface area (Å²) < 4.78 is 16.1. The van der Waals surface area contributed by atoms with E-state index in [9.17, 15) is 4.79 Å². The number of benzene rings is 5. The number of aryl methyl sites for hydroxylation is 2. The van der Waals surface area contributed by atoms with E-state index in [-0.39, 0.29) is 5.69 Å². The van der Waals surface area contributed by atoms with Crippen molar-refractivity contribution in [2.45, 2.75) is 19.0 Å². The Morgan fingerprint density at radius 1 is 0.720 bits per heavy atom. The predicted octanol–water partition coefficient (Wildman–Crippen LogP) is 9.53. The van der Waals surface area contributed by atoms with E-state index < -0.39 is 6.17 Å². The average molecular weight is 653 g/mol. The molecule has 1 aliphatic heterocycles. The molecule has 0 spiro atoms.